The van der Waals surface area contributed by atoms with Gasteiger partial charge in [-0.3, -0.25) is 0 Å². The van der Waals surface area contributed by atoms with E-state index >= 15 is 0 Å². The number of aliphatic hydroxyl groups excluding tert-OH is 1. The Morgan fingerprint density at radius 3 is 2.24 bits per heavy atom. The number of piperidine rings is 1. The Morgan fingerprint density at radius 1 is 1.19 bits per heavy atom. The van der Waals surface area contributed by atoms with Crippen LogP contribution in [0.1, 0.15) is 61.3 Å². The average molecular weight is 510 g/mol. The second-order valence-electron chi connectivity index (χ2n) is 11.5. The molecule has 3 heterocycles. The molecule has 3 aliphatic rings. The maximum Gasteiger partial charge on any atom is 0.131 e. The second kappa shape index (κ2) is 15.4. The van der Waals surface area contributed by atoms with Crippen molar-refractivity contribution in [2.45, 2.75) is 61.3 Å². The van der Waals surface area contributed by atoms with Gasteiger partial charge in [-0.15, -0.1) is 0 Å². The molecule has 0 radical (unpaired) electrons. The fourth-order valence-corrected chi connectivity index (χ4v) is 3.68. The first-order valence-corrected chi connectivity index (χ1v) is 13.2. The summed E-state index contributed by atoms with van der Waals surface area (Å²) < 4.78 is 0. The fourth-order valence-electron chi connectivity index (χ4n) is 3.68. The Labute approximate surface area is 226 Å². The number of hydrogen-bond acceptors (Lipinski definition) is 5. The molecule has 1 saturated heterocycles. The van der Waals surface area contributed by atoms with E-state index in [2.05, 4.69) is 70.0 Å². The van der Waals surface area contributed by atoms with Crippen molar-refractivity contribution in [3.8, 4) is 0 Å². The van der Waals surface area contributed by atoms with Gasteiger partial charge in [0.2, 0.25) is 0 Å². The molecule has 6 heteroatoms. The Balaban J connectivity index is 0.000000467. The number of rotatable bonds is 5. The van der Waals surface area contributed by atoms with Crippen molar-refractivity contribution in [1.82, 2.24) is 20.4 Å². The molecule has 0 aromatic carbocycles. The lowest BCUT2D eigenvalue weighted by Crippen LogP contribution is -2.36. The minimum atomic E-state index is 0.0705. The Morgan fingerprint density at radius 2 is 1.78 bits per heavy atom. The van der Waals surface area contributed by atoms with Gasteiger partial charge in [0, 0.05) is 43.0 Å². The van der Waals surface area contributed by atoms with Gasteiger partial charge in [0.1, 0.15) is 11.7 Å². The quantitative estimate of drug-likeness (QED) is 0.310. The van der Waals surface area contributed by atoms with Crippen molar-refractivity contribution in [2.24, 2.45) is 16.3 Å². The summed E-state index contributed by atoms with van der Waals surface area (Å²) in [5, 5.41) is 15.8. The number of hydrogen-bond donors (Lipinski definition) is 3. The monoisotopic (exact) mass is 509 g/mol. The predicted octanol–water partition coefficient (Wildman–Crippen LogP) is 6.07. The summed E-state index contributed by atoms with van der Waals surface area (Å²) in [4.78, 5) is 8.18. The van der Waals surface area contributed by atoms with Crippen LogP contribution in [0.4, 0.5) is 0 Å². The number of likely N-dealkylation sites (N-methyl/N-ethyl adjacent to an activating group) is 1. The molecule has 0 bridgehead atoms. The summed E-state index contributed by atoms with van der Waals surface area (Å²) in [5.41, 5.74) is 5.32. The Hall–Kier alpha value is -2.83. The molecule has 3 N–H and O–H groups in total. The molecule has 6 nitrogen and oxygen atoms in total. The first kappa shape index (κ1) is 32.2. The largest absolute Gasteiger partial charge is 0.395 e. The molecule has 0 spiro atoms. The highest BCUT2D eigenvalue weighted by atomic mass is 16.3. The smallest absolute Gasteiger partial charge is 0.131 e. The summed E-state index contributed by atoms with van der Waals surface area (Å²) in [6, 6.07) is 0. The number of aliphatic imine (C=N–C) groups is 1. The molecular weight excluding hydrogens is 458 g/mol. The zero-order valence-electron chi connectivity index (χ0n) is 24.6. The molecule has 0 amide bonds. The van der Waals surface area contributed by atoms with Gasteiger partial charge in [-0.2, -0.15) is 0 Å². The predicted molar refractivity (Wildman–Crippen MR) is 161 cm³/mol. The van der Waals surface area contributed by atoms with Gasteiger partial charge in [0.15, 0.2) is 0 Å². The molecule has 0 aliphatic carbocycles. The summed E-state index contributed by atoms with van der Waals surface area (Å²) in [6.45, 7) is 30.2. The molecule has 0 saturated carbocycles. The first-order chi connectivity index (χ1) is 17.3. The summed E-state index contributed by atoms with van der Waals surface area (Å²) in [6.07, 6.45) is 12.2. The van der Waals surface area contributed by atoms with Crippen LogP contribution in [0, 0.1) is 11.3 Å². The van der Waals surface area contributed by atoms with E-state index in [-0.39, 0.29) is 6.61 Å². The number of nitrogens with one attached hydrogen (secondary N) is 2. The third-order valence-electron chi connectivity index (χ3n) is 5.59. The Kier molecular flexibility index (Phi) is 13.4. The maximum atomic E-state index is 9.20. The zero-order valence-corrected chi connectivity index (χ0v) is 24.6. The van der Waals surface area contributed by atoms with Crippen molar-refractivity contribution in [1.29, 1.82) is 0 Å². The van der Waals surface area contributed by atoms with Crippen molar-refractivity contribution in [3.63, 3.8) is 0 Å². The zero-order chi connectivity index (χ0) is 28.2. The van der Waals surface area contributed by atoms with Gasteiger partial charge in [-0.05, 0) is 74.9 Å². The number of amidine groups is 1. The first-order valence-electron chi connectivity index (χ1n) is 13.2. The minimum Gasteiger partial charge on any atom is -0.395 e. The van der Waals surface area contributed by atoms with Crippen LogP contribution in [0.25, 0.3) is 0 Å². The standard InChI is InChI=1S/C20H26N4O.C6H13N.C5H12/c1-7-21-18(12-14(2)3)22-19-13-17-8-9-24(10-11-25)16(5)20(17)15(4)23(19)6;1-6-2-4-7-5-3-6;1-5(2,3)4/h7-9,12-13,25H,1,4-5,10-11H2,2-3,6H3,(H,21,22);6-7H,2-5H2,1H3;1-4H3. The maximum absolute atomic E-state index is 9.20. The molecule has 0 aromatic rings. The summed E-state index contributed by atoms with van der Waals surface area (Å²) in [5.74, 6) is 2.56. The van der Waals surface area contributed by atoms with Crippen LogP contribution in [-0.4, -0.2) is 54.0 Å². The highest BCUT2D eigenvalue weighted by molar-refractivity contribution is 5.95. The summed E-state index contributed by atoms with van der Waals surface area (Å²) >= 11 is 0. The van der Waals surface area contributed by atoms with E-state index in [1.165, 1.54) is 32.1 Å². The van der Waals surface area contributed by atoms with Crippen molar-refractivity contribution in [3.05, 3.63) is 84.3 Å². The summed E-state index contributed by atoms with van der Waals surface area (Å²) in [7, 11) is 1.95. The van der Waals surface area contributed by atoms with E-state index in [0.29, 0.717) is 17.8 Å². The lowest BCUT2D eigenvalue weighted by atomic mass is 9.95. The van der Waals surface area contributed by atoms with Gasteiger partial charge < -0.3 is 25.5 Å². The number of nitrogens with zero attached hydrogens (tertiary/aromatic N) is 3. The average Bonchev–Trinajstić information content (AvgIpc) is 2.79. The molecule has 0 unspecified atom stereocenters. The van der Waals surface area contributed by atoms with Gasteiger partial charge in [0.05, 0.1) is 6.61 Å². The fraction of sp³-hybridized carbons (Fsp3) is 0.516. The molecule has 37 heavy (non-hydrogen) atoms. The van der Waals surface area contributed by atoms with Gasteiger partial charge in [-0.1, -0.05) is 59.9 Å². The van der Waals surface area contributed by atoms with E-state index < -0.39 is 0 Å². The van der Waals surface area contributed by atoms with Crippen LogP contribution in [0.15, 0.2) is 89.3 Å². The minimum absolute atomic E-state index is 0.0705. The van der Waals surface area contributed by atoms with E-state index in [4.69, 9.17) is 0 Å². The van der Waals surface area contributed by atoms with E-state index in [0.717, 1.165) is 39.9 Å². The van der Waals surface area contributed by atoms with E-state index in [1.807, 2.05) is 55.1 Å². The molecule has 0 aromatic heterocycles. The molecular formula is C31H51N5O. The molecule has 206 valence electrons. The highest BCUT2D eigenvalue weighted by Crippen LogP contribution is 2.35. The highest BCUT2D eigenvalue weighted by Gasteiger charge is 2.27. The van der Waals surface area contributed by atoms with Gasteiger partial charge in [-0.25, -0.2) is 4.99 Å². The molecule has 3 rings (SSSR count). The van der Waals surface area contributed by atoms with Crippen molar-refractivity contribution < 1.29 is 5.11 Å². The lowest BCUT2D eigenvalue weighted by molar-refractivity contribution is 0.257. The van der Waals surface area contributed by atoms with Gasteiger partial charge >= 0.3 is 0 Å². The third-order valence-corrected chi connectivity index (χ3v) is 5.59. The molecule has 1 fully saturated rings. The van der Waals surface area contributed by atoms with E-state index in [1.54, 1.807) is 0 Å². The number of β-amino-alcohol motifs (C(OH)–C–C–N with tert-alkyl or cyclic N) is 1. The normalized spacial score (nSPS) is 18.2. The van der Waals surface area contributed by atoms with Gasteiger partial charge in [0.25, 0.3) is 0 Å². The van der Waals surface area contributed by atoms with Crippen LogP contribution in [0.5, 0.6) is 0 Å². The second-order valence-corrected chi connectivity index (χ2v) is 11.5. The van der Waals surface area contributed by atoms with Crippen molar-refractivity contribution in [2.75, 3.05) is 33.3 Å². The SMILES string of the molecule is C=CN=C(C=C(C)C)NC1=CC2=C(C(=C)N(CCO)C=C2)C(=C)N1C.CC(C)(C)C.CC1CCNCC1. The van der Waals surface area contributed by atoms with Crippen LogP contribution in [-0.2, 0) is 0 Å². The lowest BCUT2D eigenvalue weighted by Gasteiger charge is -2.37. The topological polar surface area (TPSA) is 63.1 Å². The third kappa shape index (κ3) is 11.8. The Bertz CT molecular complexity index is 943. The molecule has 0 atom stereocenters. The van der Waals surface area contributed by atoms with Crippen LogP contribution < -0.4 is 10.6 Å². The molecule has 3 aliphatic heterocycles. The van der Waals surface area contributed by atoms with Crippen LogP contribution in [0.2, 0.25) is 0 Å². The number of allylic oxidation sites excluding steroid dienone is 4. The van der Waals surface area contributed by atoms with Crippen molar-refractivity contribution >= 4 is 5.84 Å². The number of aliphatic hydroxyl groups is 1. The van der Waals surface area contributed by atoms with Crippen LogP contribution in [0.3, 0.4) is 0 Å². The van der Waals surface area contributed by atoms with Crippen LogP contribution >= 0.6 is 0 Å². The van der Waals surface area contributed by atoms with E-state index in [9.17, 15) is 5.11 Å².